The Morgan fingerprint density at radius 3 is 2.48 bits per heavy atom. The van der Waals surface area contributed by atoms with Gasteiger partial charge in [0, 0.05) is 35.1 Å². The summed E-state index contributed by atoms with van der Waals surface area (Å²) in [6.07, 6.45) is 3.64. The smallest absolute Gasteiger partial charge is 0.336 e. The third kappa shape index (κ3) is 3.60. The second-order valence-electron chi connectivity index (χ2n) is 6.06. The molecule has 2 aromatic carbocycles. The number of nitrogens with zero attached hydrogens (tertiary/aromatic N) is 2. The lowest BCUT2D eigenvalue weighted by Crippen LogP contribution is -2.27. The van der Waals surface area contributed by atoms with Crippen LogP contribution < -0.4 is 4.90 Å². The number of nitro groups is 1. The van der Waals surface area contributed by atoms with Gasteiger partial charge in [-0.1, -0.05) is 42.5 Å². The van der Waals surface area contributed by atoms with Crippen LogP contribution in [-0.4, -0.2) is 17.5 Å². The number of ether oxygens (including phenoxy) is 1. The molecule has 0 fully saturated rings. The maximum atomic E-state index is 12.7. The highest BCUT2D eigenvalue weighted by molar-refractivity contribution is 5.93. The van der Waals surface area contributed by atoms with Gasteiger partial charge in [-0.05, 0) is 26.0 Å². The van der Waals surface area contributed by atoms with Crippen molar-refractivity contribution in [2.24, 2.45) is 0 Å². The third-order valence-corrected chi connectivity index (χ3v) is 4.49. The van der Waals surface area contributed by atoms with E-state index in [1.54, 1.807) is 31.2 Å². The van der Waals surface area contributed by atoms with Crippen molar-refractivity contribution in [1.29, 1.82) is 0 Å². The summed E-state index contributed by atoms with van der Waals surface area (Å²) in [4.78, 5) is 25.7. The zero-order valence-corrected chi connectivity index (χ0v) is 15.2. The number of hydrogen-bond acceptors (Lipinski definition) is 5. The Labute approximate surface area is 157 Å². The third-order valence-electron chi connectivity index (χ3n) is 4.49. The maximum Gasteiger partial charge on any atom is 0.336 e. The van der Waals surface area contributed by atoms with Gasteiger partial charge < -0.3 is 9.64 Å². The predicted octanol–water partition coefficient (Wildman–Crippen LogP) is 4.55. The van der Waals surface area contributed by atoms with Crippen molar-refractivity contribution >= 4 is 17.3 Å². The molecule has 0 unspecified atom stereocenters. The van der Waals surface area contributed by atoms with Crippen molar-refractivity contribution < 1.29 is 14.5 Å². The second-order valence-corrected chi connectivity index (χ2v) is 6.06. The van der Waals surface area contributed by atoms with Crippen molar-refractivity contribution in [3.8, 4) is 0 Å². The lowest BCUT2D eigenvalue weighted by atomic mass is 9.86. The molecule has 0 N–H and O–H groups in total. The largest absolute Gasteiger partial charge is 0.463 e. The van der Waals surface area contributed by atoms with E-state index >= 15 is 0 Å². The highest BCUT2D eigenvalue weighted by Gasteiger charge is 2.33. The van der Waals surface area contributed by atoms with Crippen LogP contribution in [-0.2, 0) is 9.53 Å². The number of allylic oxidation sites excluding steroid dienone is 2. The fourth-order valence-electron chi connectivity index (χ4n) is 3.26. The molecule has 0 aromatic heterocycles. The zero-order chi connectivity index (χ0) is 19.4. The van der Waals surface area contributed by atoms with E-state index in [1.807, 2.05) is 48.4 Å². The van der Waals surface area contributed by atoms with Crippen LogP contribution in [0.2, 0.25) is 0 Å². The molecule has 3 rings (SSSR count). The Hall–Kier alpha value is -3.41. The van der Waals surface area contributed by atoms with Crippen LogP contribution in [0.1, 0.15) is 25.3 Å². The van der Waals surface area contributed by atoms with Gasteiger partial charge in [-0.2, -0.15) is 0 Å². The van der Waals surface area contributed by atoms with E-state index in [1.165, 1.54) is 6.07 Å². The number of carbonyl (C=O) groups is 1. The first kappa shape index (κ1) is 18.4. The van der Waals surface area contributed by atoms with Gasteiger partial charge in [0.25, 0.3) is 5.69 Å². The van der Waals surface area contributed by atoms with Gasteiger partial charge in [0.2, 0.25) is 0 Å². The summed E-state index contributed by atoms with van der Waals surface area (Å²) >= 11 is 0. The molecule has 6 heteroatoms. The summed E-state index contributed by atoms with van der Waals surface area (Å²) in [5.74, 6) is -1.02. The molecular weight excluding hydrogens is 344 g/mol. The quantitative estimate of drug-likeness (QED) is 0.442. The topological polar surface area (TPSA) is 72.7 Å². The highest BCUT2D eigenvalue weighted by Crippen LogP contribution is 2.39. The van der Waals surface area contributed by atoms with Gasteiger partial charge in [0.15, 0.2) is 0 Å². The summed E-state index contributed by atoms with van der Waals surface area (Å²) in [6, 6.07) is 16.1. The van der Waals surface area contributed by atoms with E-state index in [2.05, 4.69) is 0 Å². The number of anilines is 1. The van der Waals surface area contributed by atoms with E-state index in [0.29, 0.717) is 16.8 Å². The van der Waals surface area contributed by atoms with Crippen LogP contribution in [0.15, 0.2) is 78.1 Å². The molecule has 6 nitrogen and oxygen atoms in total. The number of para-hydroxylation sites is 2. The molecule has 138 valence electrons. The predicted molar refractivity (Wildman–Crippen MR) is 103 cm³/mol. The number of rotatable bonds is 5. The zero-order valence-electron chi connectivity index (χ0n) is 15.2. The average molecular weight is 364 g/mol. The fourth-order valence-corrected chi connectivity index (χ4v) is 3.26. The summed E-state index contributed by atoms with van der Waals surface area (Å²) in [7, 11) is 0. The molecule has 0 aliphatic carbocycles. The molecule has 2 aromatic rings. The van der Waals surface area contributed by atoms with Gasteiger partial charge >= 0.3 is 5.97 Å². The normalized spacial score (nSPS) is 16.4. The Morgan fingerprint density at radius 1 is 1.15 bits per heavy atom. The summed E-state index contributed by atoms with van der Waals surface area (Å²) in [5.41, 5.74) is 2.43. The Bertz CT molecular complexity index is 919. The van der Waals surface area contributed by atoms with E-state index < -0.39 is 16.8 Å². The standard InChI is InChI=1S/C21H20N2O4/c1-3-27-21(24)20-15(2)22(16-9-5-4-6-10-16)14-13-18(20)17-11-7-8-12-19(17)23(25)26/h4-14,18H,3H2,1-2H3/t18-/m1/s1. The van der Waals surface area contributed by atoms with Gasteiger partial charge in [0.1, 0.15) is 0 Å². The molecule has 1 aliphatic heterocycles. The van der Waals surface area contributed by atoms with Gasteiger partial charge in [-0.3, -0.25) is 10.1 Å². The lowest BCUT2D eigenvalue weighted by molar-refractivity contribution is -0.385. The molecule has 1 heterocycles. The molecule has 0 bridgehead atoms. The van der Waals surface area contributed by atoms with Crippen LogP contribution in [0.25, 0.3) is 0 Å². The summed E-state index contributed by atoms with van der Waals surface area (Å²) in [5, 5.41) is 11.5. The first-order valence-corrected chi connectivity index (χ1v) is 8.68. The van der Waals surface area contributed by atoms with Crippen LogP contribution in [0.5, 0.6) is 0 Å². The van der Waals surface area contributed by atoms with Crippen LogP contribution in [0, 0.1) is 10.1 Å². The van der Waals surface area contributed by atoms with Gasteiger partial charge in [-0.15, -0.1) is 0 Å². The number of carbonyl (C=O) groups excluding carboxylic acids is 1. The molecule has 1 atom stereocenters. The fraction of sp³-hybridized carbons (Fsp3) is 0.190. The number of benzene rings is 2. The monoisotopic (exact) mass is 364 g/mol. The van der Waals surface area contributed by atoms with Crippen molar-refractivity contribution in [2.75, 3.05) is 11.5 Å². The van der Waals surface area contributed by atoms with Crippen molar-refractivity contribution in [3.05, 3.63) is 93.8 Å². The van der Waals surface area contributed by atoms with E-state index in [9.17, 15) is 14.9 Å². The molecule has 0 amide bonds. The first-order valence-electron chi connectivity index (χ1n) is 8.68. The van der Waals surface area contributed by atoms with Gasteiger partial charge in [0.05, 0.1) is 17.1 Å². The molecule has 27 heavy (non-hydrogen) atoms. The molecule has 1 aliphatic rings. The summed E-state index contributed by atoms with van der Waals surface area (Å²) < 4.78 is 5.26. The molecule has 0 spiro atoms. The minimum absolute atomic E-state index is 0.0186. The minimum atomic E-state index is -0.550. The number of hydrogen-bond donors (Lipinski definition) is 0. The van der Waals surface area contributed by atoms with Gasteiger partial charge in [-0.25, -0.2) is 4.79 Å². The Kier molecular flexibility index (Phi) is 5.35. The SMILES string of the molecule is CCOC(=O)C1=C(C)N(c2ccccc2)C=C[C@@H]1c1ccccc1[N+](=O)[O-]. The van der Waals surface area contributed by atoms with Crippen molar-refractivity contribution in [2.45, 2.75) is 19.8 Å². The maximum absolute atomic E-state index is 12.7. The Balaban J connectivity index is 2.13. The molecule has 0 saturated heterocycles. The highest BCUT2D eigenvalue weighted by atomic mass is 16.6. The number of nitro benzene ring substituents is 1. The lowest BCUT2D eigenvalue weighted by Gasteiger charge is -2.31. The van der Waals surface area contributed by atoms with Crippen molar-refractivity contribution in [3.63, 3.8) is 0 Å². The molecule has 0 radical (unpaired) electrons. The van der Waals surface area contributed by atoms with Crippen LogP contribution in [0.3, 0.4) is 0 Å². The second kappa shape index (κ2) is 7.86. The molecular formula is C21H20N2O4. The minimum Gasteiger partial charge on any atom is -0.463 e. The van der Waals surface area contributed by atoms with Crippen LogP contribution in [0.4, 0.5) is 11.4 Å². The van der Waals surface area contributed by atoms with Crippen molar-refractivity contribution in [1.82, 2.24) is 0 Å². The number of esters is 1. The van der Waals surface area contributed by atoms with E-state index in [0.717, 1.165) is 5.69 Å². The Morgan fingerprint density at radius 2 is 1.81 bits per heavy atom. The molecule has 0 saturated carbocycles. The van der Waals surface area contributed by atoms with Crippen LogP contribution >= 0.6 is 0 Å². The summed E-state index contributed by atoms with van der Waals surface area (Å²) in [6.45, 7) is 3.79. The average Bonchev–Trinajstić information content (AvgIpc) is 2.68. The van der Waals surface area contributed by atoms with E-state index in [4.69, 9.17) is 4.74 Å². The first-order chi connectivity index (χ1) is 13.0. The van der Waals surface area contributed by atoms with E-state index in [-0.39, 0.29) is 12.3 Å².